The van der Waals surface area contributed by atoms with Gasteiger partial charge in [0.15, 0.2) is 0 Å². The summed E-state index contributed by atoms with van der Waals surface area (Å²) in [6.45, 7) is 4.24. The van der Waals surface area contributed by atoms with Gasteiger partial charge in [0.05, 0.1) is 12.2 Å². The summed E-state index contributed by atoms with van der Waals surface area (Å²) in [5.41, 5.74) is 1.48. The summed E-state index contributed by atoms with van der Waals surface area (Å²) >= 11 is 0. The fourth-order valence-corrected chi connectivity index (χ4v) is 2.48. The largest absolute Gasteiger partial charge is 0.376 e. The third-order valence-corrected chi connectivity index (χ3v) is 3.12. The van der Waals surface area contributed by atoms with Gasteiger partial charge in [-0.2, -0.15) is 0 Å². The van der Waals surface area contributed by atoms with Gasteiger partial charge in [0.25, 0.3) is 0 Å². The number of rotatable bonds is 3. The van der Waals surface area contributed by atoms with Crippen LogP contribution in [0, 0.1) is 0 Å². The van der Waals surface area contributed by atoms with Crippen molar-refractivity contribution in [2.45, 2.75) is 51.2 Å². The Labute approximate surface area is 92.5 Å². The molecule has 0 aliphatic heterocycles. The second-order valence-electron chi connectivity index (χ2n) is 4.73. The normalized spacial score (nSPS) is 26.1. The second-order valence-corrected chi connectivity index (χ2v) is 4.73. The lowest BCUT2D eigenvalue weighted by molar-refractivity contribution is 0.0118. The van der Waals surface area contributed by atoms with E-state index in [1.165, 1.54) is 24.8 Å². The summed E-state index contributed by atoms with van der Waals surface area (Å²) in [4.78, 5) is 0. The Kier molecular flexibility index (Phi) is 3.42. The fourth-order valence-electron chi connectivity index (χ4n) is 2.48. The minimum absolute atomic E-state index is 0.365. The van der Waals surface area contributed by atoms with Crippen molar-refractivity contribution in [1.29, 1.82) is 0 Å². The van der Waals surface area contributed by atoms with E-state index in [0.29, 0.717) is 12.2 Å². The predicted octanol–water partition coefficient (Wildman–Crippen LogP) is 3.75. The molecule has 0 spiro atoms. The highest BCUT2D eigenvalue weighted by Crippen LogP contribution is 2.36. The minimum Gasteiger partial charge on any atom is -0.376 e. The van der Waals surface area contributed by atoms with Crippen molar-refractivity contribution in [1.82, 2.24) is 0 Å². The Balaban J connectivity index is 1.93. The molecule has 1 aromatic carbocycles. The summed E-state index contributed by atoms with van der Waals surface area (Å²) in [5, 5.41) is 0. The van der Waals surface area contributed by atoms with Crippen molar-refractivity contribution < 1.29 is 4.74 Å². The summed E-state index contributed by atoms with van der Waals surface area (Å²) in [5.74, 6) is 0.718. The molecule has 0 bridgehead atoms. The smallest absolute Gasteiger partial charge is 0.0584 e. The molecule has 1 aromatic rings. The maximum atomic E-state index is 5.86. The molecule has 0 radical (unpaired) electrons. The summed E-state index contributed by atoms with van der Waals surface area (Å²) < 4.78 is 5.86. The zero-order chi connectivity index (χ0) is 10.7. The van der Waals surface area contributed by atoms with Crippen LogP contribution in [-0.4, -0.2) is 12.2 Å². The monoisotopic (exact) mass is 204 g/mol. The van der Waals surface area contributed by atoms with E-state index in [1.54, 1.807) is 0 Å². The molecule has 0 saturated heterocycles. The molecule has 2 unspecified atom stereocenters. The predicted molar refractivity (Wildman–Crippen MR) is 63.0 cm³/mol. The molecule has 2 atom stereocenters. The van der Waals surface area contributed by atoms with Gasteiger partial charge in [0.1, 0.15) is 0 Å². The third-order valence-electron chi connectivity index (χ3n) is 3.12. The van der Waals surface area contributed by atoms with E-state index in [1.807, 2.05) is 0 Å². The first kappa shape index (κ1) is 10.7. The molecular weight excluding hydrogens is 184 g/mol. The third kappa shape index (κ3) is 2.82. The summed E-state index contributed by atoms with van der Waals surface area (Å²) in [7, 11) is 0. The molecule has 2 rings (SSSR count). The standard InChI is InChI=1S/C14H20O/c1-11(2)15-14-9-8-13(10-14)12-6-4-3-5-7-12/h3-7,11,13-14H,8-10H2,1-2H3. The zero-order valence-corrected chi connectivity index (χ0v) is 9.65. The molecule has 1 aliphatic carbocycles. The minimum atomic E-state index is 0.365. The quantitative estimate of drug-likeness (QED) is 0.728. The van der Waals surface area contributed by atoms with Crippen molar-refractivity contribution in [3.8, 4) is 0 Å². The van der Waals surface area contributed by atoms with Crippen molar-refractivity contribution in [3.05, 3.63) is 35.9 Å². The van der Waals surface area contributed by atoms with E-state index < -0.39 is 0 Å². The number of hydrogen-bond donors (Lipinski definition) is 0. The molecule has 1 saturated carbocycles. The van der Waals surface area contributed by atoms with Gasteiger partial charge in [-0.25, -0.2) is 0 Å². The van der Waals surface area contributed by atoms with Crippen LogP contribution in [-0.2, 0) is 4.74 Å². The first-order valence-electron chi connectivity index (χ1n) is 5.96. The maximum absolute atomic E-state index is 5.86. The highest BCUT2D eigenvalue weighted by molar-refractivity contribution is 5.20. The molecule has 1 aliphatic rings. The lowest BCUT2D eigenvalue weighted by Gasteiger charge is -2.15. The number of hydrogen-bond acceptors (Lipinski definition) is 1. The van der Waals surface area contributed by atoms with E-state index in [2.05, 4.69) is 44.2 Å². The maximum Gasteiger partial charge on any atom is 0.0584 e. The molecule has 0 aromatic heterocycles. The molecule has 0 N–H and O–H groups in total. The van der Waals surface area contributed by atoms with Crippen LogP contribution < -0.4 is 0 Å². The lowest BCUT2D eigenvalue weighted by Crippen LogP contribution is -2.14. The molecule has 0 amide bonds. The Morgan fingerprint density at radius 2 is 1.87 bits per heavy atom. The van der Waals surface area contributed by atoms with Crippen LogP contribution in [0.1, 0.15) is 44.6 Å². The van der Waals surface area contributed by atoms with Crippen LogP contribution in [0.4, 0.5) is 0 Å². The van der Waals surface area contributed by atoms with E-state index in [0.717, 1.165) is 5.92 Å². The Morgan fingerprint density at radius 3 is 2.53 bits per heavy atom. The van der Waals surface area contributed by atoms with Crippen LogP contribution in [0.3, 0.4) is 0 Å². The fraction of sp³-hybridized carbons (Fsp3) is 0.571. The Morgan fingerprint density at radius 1 is 1.13 bits per heavy atom. The molecule has 1 fully saturated rings. The average Bonchev–Trinajstić information content (AvgIpc) is 2.67. The van der Waals surface area contributed by atoms with Crippen molar-refractivity contribution in [2.24, 2.45) is 0 Å². The molecule has 82 valence electrons. The molecule has 15 heavy (non-hydrogen) atoms. The molecule has 0 heterocycles. The van der Waals surface area contributed by atoms with Crippen molar-refractivity contribution >= 4 is 0 Å². The highest BCUT2D eigenvalue weighted by Gasteiger charge is 2.26. The number of ether oxygens (including phenoxy) is 1. The molecule has 1 heteroatoms. The van der Waals surface area contributed by atoms with Gasteiger partial charge in [0, 0.05) is 0 Å². The molecule has 1 nitrogen and oxygen atoms in total. The lowest BCUT2D eigenvalue weighted by atomic mass is 9.98. The van der Waals surface area contributed by atoms with Crippen molar-refractivity contribution in [2.75, 3.05) is 0 Å². The van der Waals surface area contributed by atoms with E-state index in [9.17, 15) is 0 Å². The van der Waals surface area contributed by atoms with E-state index in [4.69, 9.17) is 4.74 Å². The first-order chi connectivity index (χ1) is 7.25. The van der Waals surface area contributed by atoms with Gasteiger partial charge in [-0.15, -0.1) is 0 Å². The first-order valence-corrected chi connectivity index (χ1v) is 5.96. The highest BCUT2D eigenvalue weighted by atomic mass is 16.5. The van der Waals surface area contributed by atoms with Gasteiger partial charge >= 0.3 is 0 Å². The Bertz CT molecular complexity index is 291. The zero-order valence-electron chi connectivity index (χ0n) is 9.65. The van der Waals surface area contributed by atoms with Crippen LogP contribution >= 0.6 is 0 Å². The topological polar surface area (TPSA) is 9.23 Å². The van der Waals surface area contributed by atoms with Gasteiger partial charge < -0.3 is 4.74 Å². The van der Waals surface area contributed by atoms with Gasteiger partial charge in [-0.05, 0) is 44.6 Å². The van der Waals surface area contributed by atoms with E-state index in [-0.39, 0.29) is 0 Å². The average molecular weight is 204 g/mol. The molecular formula is C14H20O. The van der Waals surface area contributed by atoms with Crippen LogP contribution in [0.5, 0.6) is 0 Å². The number of benzene rings is 1. The SMILES string of the molecule is CC(C)OC1CCC(c2ccccc2)C1. The van der Waals surface area contributed by atoms with E-state index >= 15 is 0 Å². The summed E-state index contributed by atoms with van der Waals surface area (Å²) in [6, 6.07) is 10.8. The van der Waals surface area contributed by atoms with Gasteiger partial charge in [-0.3, -0.25) is 0 Å². The van der Waals surface area contributed by atoms with Crippen LogP contribution in [0.25, 0.3) is 0 Å². The summed E-state index contributed by atoms with van der Waals surface area (Å²) in [6.07, 6.45) is 4.54. The Hall–Kier alpha value is -0.820. The van der Waals surface area contributed by atoms with Gasteiger partial charge in [0.2, 0.25) is 0 Å². The van der Waals surface area contributed by atoms with Crippen LogP contribution in [0.15, 0.2) is 30.3 Å². The second kappa shape index (κ2) is 4.80. The van der Waals surface area contributed by atoms with Gasteiger partial charge in [-0.1, -0.05) is 30.3 Å². The van der Waals surface area contributed by atoms with Crippen molar-refractivity contribution in [3.63, 3.8) is 0 Å². The van der Waals surface area contributed by atoms with Crippen LogP contribution in [0.2, 0.25) is 0 Å².